The Hall–Kier alpha value is -1.56. The monoisotopic (exact) mass is 322 g/mol. The number of nitrogens with zero attached hydrogens (tertiary/aromatic N) is 1. The van der Waals surface area contributed by atoms with Crippen LogP contribution in [0, 0.1) is 5.92 Å². The molecule has 2 aliphatic rings. The van der Waals surface area contributed by atoms with Gasteiger partial charge in [0.05, 0.1) is 11.5 Å². The molecule has 1 amide bonds. The van der Waals surface area contributed by atoms with Crippen LogP contribution in [0.15, 0.2) is 24.3 Å². The van der Waals surface area contributed by atoms with Gasteiger partial charge in [0.1, 0.15) is 15.9 Å². The average molecular weight is 322 g/mol. The molecule has 1 aromatic carbocycles. The lowest BCUT2D eigenvalue weighted by Crippen LogP contribution is -2.46. The quantitative estimate of drug-likeness (QED) is 0.901. The number of benzene rings is 1. The third-order valence-electron chi connectivity index (χ3n) is 4.77. The molecule has 0 aromatic heterocycles. The number of nitrogens with one attached hydrogen (secondary N) is 1. The molecule has 1 atom stereocenters. The summed E-state index contributed by atoms with van der Waals surface area (Å²) >= 11 is 0. The van der Waals surface area contributed by atoms with E-state index in [1.807, 2.05) is 12.1 Å². The molecule has 3 rings (SSSR count). The first kappa shape index (κ1) is 15.3. The van der Waals surface area contributed by atoms with Crippen LogP contribution in [0.25, 0.3) is 0 Å². The molecule has 0 spiro atoms. The largest absolute Gasteiger partial charge is 0.359 e. The van der Waals surface area contributed by atoms with Gasteiger partial charge in [-0.1, -0.05) is 18.2 Å². The highest BCUT2D eigenvalue weighted by molar-refractivity contribution is 7.91. The molecule has 6 heteroatoms. The van der Waals surface area contributed by atoms with Gasteiger partial charge in [0.2, 0.25) is 5.91 Å². The molecule has 1 unspecified atom stereocenters. The van der Waals surface area contributed by atoms with E-state index in [2.05, 4.69) is 22.3 Å². The standard InChI is InChI=1S/C16H22N2O3S/c1-17-16(19)15-10-13-4-2-3-5-14(13)18(15)11-12-6-8-22(20,21)9-7-12/h2-5,12,15H,6-11H2,1H3,(H,17,19). The molecule has 2 heterocycles. The second-order valence-electron chi connectivity index (χ2n) is 6.21. The molecule has 0 saturated carbocycles. The van der Waals surface area contributed by atoms with Crippen molar-refractivity contribution in [3.05, 3.63) is 29.8 Å². The molecular formula is C16H22N2O3S. The fourth-order valence-corrected chi connectivity index (χ4v) is 5.07. The Balaban J connectivity index is 1.78. The van der Waals surface area contributed by atoms with E-state index in [0.717, 1.165) is 18.7 Å². The molecule has 0 aliphatic carbocycles. The average Bonchev–Trinajstić information content (AvgIpc) is 2.87. The second kappa shape index (κ2) is 5.91. The number of amides is 1. The maximum atomic E-state index is 12.2. The number of hydrogen-bond donors (Lipinski definition) is 1. The molecule has 0 radical (unpaired) electrons. The van der Waals surface area contributed by atoms with E-state index in [-0.39, 0.29) is 23.5 Å². The van der Waals surface area contributed by atoms with Crippen LogP contribution in [-0.2, 0) is 21.1 Å². The highest BCUT2D eigenvalue weighted by atomic mass is 32.2. The maximum Gasteiger partial charge on any atom is 0.242 e. The van der Waals surface area contributed by atoms with Crippen molar-refractivity contribution in [1.29, 1.82) is 0 Å². The van der Waals surface area contributed by atoms with Gasteiger partial charge in [-0.3, -0.25) is 4.79 Å². The van der Waals surface area contributed by atoms with Gasteiger partial charge in [-0.2, -0.15) is 0 Å². The lowest BCUT2D eigenvalue weighted by molar-refractivity contribution is -0.121. The smallest absolute Gasteiger partial charge is 0.242 e. The van der Waals surface area contributed by atoms with E-state index in [1.165, 1.54) is 5.56 Å². The fourth-order valence-electron chi connectivity index (χ4n) is 3.48. The van der Waals surface area contributed by atoms with Crippen molar-refractivity contribution in [1.82, 2.24) is 5.32 Å². The van der Waals surface area contributed by atoms with Crippen LogP contribution in [0.5, 0.6) is 0 Å². The van der Waals surface area contributed by atoms with E-state index < -0.39 is 9.84 Å². The Kier molecular flexibility index (Phi) is 4.12. The summed E-state index contributed by atoms with van der Waals surface area (Å²) in [5.74, 6) is 0.914. The van der Waals surface area contributed by atoms with E-state index in [4.69, 9.17) is 0 Å². The van der Waals surface area contributed by atoms with Crippen LogP contribution in [0.3, 0.4) is 0 Å². The van der Waals surface area contributed by atoms with Crippen molar-refractivity contribution in [2.24, 2.45) is 5.92 Å². The minimum Gasteiger partial charge on any atom is -0.359 e. The van der Waals surface area contributed by atoms with E-state index >= 15 is 0 Å². The summed E-state index contributed by atoms with van der Waals surface area (Å²) in [4.78, 5) is 14.4. The van der Waals surface area contributed by atoms with Crippen LogP contribution in [0.1, 0.15) is 18.4 Å². The number of sulfone groups is 1. The van der Waals surface area contributed by atoms with Gasteiger partial charge in [-0.15, -0.1) is 0 Å². The first-order chi connectivity index (χ1) is 10.5. The highest BCUT2D eigenvalue weighted by Crippen LogP contribution is 2.34. The first-order valence-electron chi connectivity index (χ1n) is 7.77. The molecule has 1 saturated heterocycles. The predicted octanol–water partition coefficient (Wildman–Crippen LogP) is 0.988. The molecule has 0 bridgehead atoms. The van der Waals surface area contributed by atoms with Crippen LogP contribution in [-0.4, -0.2) is 45.5 Å². The zero-order chi connectivity index (χ0) is 15.7. The van der Waals surface area contributed by atoms with Gasteiger partial charge in [-0.05, 0) is 30.4 Å². The van der Waals surface area contributed by atoms with Crippen LogP contribution < -0.4 is 10.2 Å². The van der Waals surface area contributed by atoms with Crippen LogP contribution >= 0.6 is 0 Å². The zero-order valence-corrected chi connectivity index (χ0v) is 13.6. The number of anilines is 1. The van der Waals surface area contributed by atoms with Crippen molar-refractivity contribution in [2.75, 3.05) is 30.0 Å². The predicted molar refractivity (Wildman–Crippen MR) is 86.7 cm³/mol. The minimum absolute atomic E-state index is 0.0274. The maximum absolute atomic E-state index is 12.2. The Morgan fingerprint density at radius 1 is 1.27 bits per heavy atom. The fraction of sp³-hybridized carbons (Fsp3) is 0.562. The number of para-hydroxylation sites is 1. The highest BCUT2D eigenvalue weighted by Gasteiger charge is 2.36. The topological polar surface area (TPSA) is 66.5 Å². The summed E-state index contributed by atoms with van der Waals surface area (Å²) in [6.07, 6.45) is 2.11. The van der Waals surface area contributed by atoms with Gasteiger partial charge in [0, 0.05) is 25.7 Å². The molecule has 1 N–H and O–H groups in total. The summed E-state index contributed by atoms with van der Waals surface area (Å²) in [5, 5.41) is 2.75. The summed E-state index contributed by atoms with van der Waals surface area (Å²) < 4.78 is 23.1. The van der Waals surface area contributed by atoms with E-state index in [0.29, 0.717) is 18.8 Å². The van der Waals surface area contributed by atoms with Crippen molar-refractivity contribution in [3.63, 3.8) is 0 Å². The van der Waals surface area contributed by atoms with Gasteiger partial charge in [0.15, 0.2) is 0 Å². The van der Waals surface area contributed by atoms with Gasteiger partial charge in [0.25, 0.3) is 0 Å². The number of fused-ring (bicyclic) bond motifs is 1. The molecule has 1 aromatic rings. The lowest BCUT2D eigenvalue weighted by Gasteiger charge is -2.32. The Morgan fingerprint density at radius 2 is 1.95 bits per heavy atom. The van der Waals surface area contributed by atoms with Crippen molar-refractivity contribution in [3.8, 4) is 0 Å². The summed E-state index contributed by atoms with van der Waals surface area (Å²) in [6, 6.07) is 7.93. The van der Waals surface area contributed by atoms with Crippen LogP contribution in [0.2, 0.25) is 0 Å². The SMILES string of the molecule is CNC(=O)C1Cc2ccccc2N1CC1CCS(=O)(=O)CC1. The van der Waals surface area contributed by atoms with Crippen LogP contribution in [0.4, 0.5) is 5.69 Å². The molecule has 5 nitrogen and oxygen atoms in total. The number of hydrogen-bond acceptors (Lipinski definition) is 4. The molecule has 1 fully saturated rings. The minimum atomic E-state index is -2.84. The van der Waals surface area contributed by atoms with Gasteiger partial charge in [-0.25, -0.2) is 8.42 Å². The molecular weight excluding hydrogens is 300 g/mol. The molecule has 22 heavy (non-hydrogen) atoms. The summed E-state index contributed by atoms with van der Waals surface area (Å²) in [6.45, 7) is 0.755. The number of carbonyl (C=O) groups excluding carboxylic acids is 1. The third kappa shape index (κ3) is 2.97. The van der Waals surface area contributed by atoms with Crippen molar-refractivity contribution < 1.29 is 13.2 Å². The first-order valence-corrected chi connectivity index (χ1v) is 9.59. The van der Waals surface area contributed by atoms with Crippen molar-refractivity contribution in [2.45, 2.75) is 25.3 Å². The van der Waals surface area contributed by atoms with E-state index in [1.54, 1.807) is 7.05 Å². The Labute approximate surface area is 131 Å². The molecule has 120 valence electrons. The Morgan fingerprint density at radius 3 is 2.64 bits per heavy atom. The van der Waals surface area contributed by atoms with Gasteiger partial charge < -0.3 is 10.2 Å². The summed E-state index contributed by atoms with van der Waals surface area (Å²) in [5.41, 5.74) is 2.31. The second-order valence-corrected chi connectivity index (χ2v) is 8.51. The third-order valence-corrected chi connectivity index (χ3v) is 6.48. The van der Waals surface area contributed by atoms with E-state index in [9.17, 15) is 13.2 Å². The number of rotatable bonds is 3. The number of carbonyl (C=O) groups is 1. The Bertz CT molecular complexity index is 658. The molecule has 2 aliphatic heterocycles. The number of likely N-dealkylation sites (N-methyl/N-ethyl adjacent to an activating group) is 1. The normalized spacial score (nSPS) is 24.0. The summed E-state index contributed by atoms with van der Waals surface area (Å²) in [7, 11) is -1.18. The zero-order valence-electron chi connectivity index (χ0n) is 12.8. The van der Waals surface area contributed by atoms with Gasteiger partial charge >= 0.3 is 0 Å². The van der Waals surface area contributed by atoms with Crippen molar-refractivity contribution >= 4 is 21.4 Å². The lowest BCUT2D eigenvalue weighted by atomic mass is 10.0.